The lowest BCUT2D eigenvalue weighted by Gasteiger charge is -2.43. The molecule has 29 heavy (non-hydrogen) atoms. The Labute approximate surface area is 170 Å². The van der Waals surface area contributed by atoms with Crippen molar-refractivity contribution in [2.45, 2.75) is 32.4 Å². The molecule has 0 unspecified atom stereocenters. The average Bonchev–Trinajstić information content (AvgIpc) is 2.75. The first-order valence-electron chi connectivity index (χ1n) is 9.75. The van der Waals surface area contributed by atoms with E-state index in [2.05, 4.69) is 4.98 Å². The zero-order chi connectivity index (χ0) is 20.4. The van der Waals surface area contributed by atoms with E-state index < -0.39 is 0 Å². The zero-order valence-corrected chi connectivity index (χ0v) is 16.5. The summed E-state index contributed by atoms with van der Waals surface area (Å²) in [4.78, 5) is 33.6. The number of amides is 2. The Bertz CT molecular complexity index is 1020. The summed E-state index contributed by atoms with van der Waals surface area (Å²) in [6.07, 6.45) is 3.91. The largest absolute Gasteiger partial charge is 0.305 e. The van der Waals surface area contributed by atoms with Crippen LogP contribution >= 0.6 is 0 Å². The second-order valence-corrected chi connectivity index (χ2v) is 7.29. The van der Waals surface area contributed by atoms with Crippen molar-refractivity contribution in [3.63, 3.8) is 0 Å². The highest BCUT2D eigenvalue weighted by molar-refractivity contribution is 6.07. The Morgan fingerprint density at radius 3 is 2.31 bits per heavy atom. The van der Waals surface area contributed by atoms with Gasteiger partial charge in [0.1, 0.15) is 0 Å². The quantitative estimate of drug-likeness (QED) is 0.661. The van der Waals surface area contributed by atoms with E-state index in [-0.39, 0.29) is 23.9 Å². The molecule has 5 heteroatoms. The fraction of sp³-hybridized carbons (Fsp3) is 0.208. The first-order valence-corrected chi connectivity index (χ1v) is 9.75. The fourth-order valence-corrected chi connectivity index (χ4v) is 4.14. The maximum Gasteiger partial charge on any atom is 0.258 e. The molecule has 0 aliphatic carbocycles. The van der Waals surface area contributed by atoms with Crippen molar-refractivity contribution in [3.05, 3.63) is 90.3 Å². The topological polar surface area (TPSA) is 53.5 Å². The Morgan fingerprint density at radius 2 is 1.62 bits per heavy atom. The molecule has 1 aromatic heterocycles. The van der Waals surface area contributed by atoms with Gasteiger partial charge in [0.25, 0.3) is 5.91 Å². The molecule has 0 spiro atoms. The van der Waals surface area contributed by atoms with E-state index in [0.717, 1.165) is 16.9 Å². The van der Waals surface area contributed by atoms with Crippen LogP contribution in [0.1, 0.15) is 42.2 Å². The molecule has 0 bridgehead atoms. The van der Waals surface area contributed by atoms with Crippen LogP contribution in [0, 0.1) is 0 Å². The first kappa shape index (κ1) is 18.9. The second kappa shape index (κ2) is 7.87. The van der Waals surface area contributed by atoms with Gasteiger partial charge in [-0.1, -0.05) is 36.4 Å². The molecule has 1 aliphatic rings. The molecule has 4 rings (SSSR count). The molecule has 2 atom stereocenters. The van der Waals surface area contributed by atoms with Gasteiger partial charge >= 0.3 is 0 Å². The van der Waals surface area contributed by atoms with Crippen molar-refractivity contribution >= 4 is 23.2 Å². The number of nitrogens with zero attached hydrogens (tertiary/aromatic N) is 3. The number of hydrogen-bond acceptors (Lipinski definition) is 3. The Kier molecular flexibility index (Phi) is 5.12. The number of carbonyl (C=O) groups is 2. The molecule has 0 radical (unpaired) electrons. The number of anilines is 2. The van der Waals surface area contributed by atoms with Gasteiger partial charge in [0.2, 0.25) is 5.91 Å². The molecular weight excluding hydrogens is 362 g/mol. The van der Waals surface area contributed by atoms with Gasteiger partial charge < -0.3 is 9.80 Å². The number of para-hydroxylation sites is 2. The Balaban J connectivity index is 1.79. The zero-order valence-electron chi connectivity index (χ0n) is 16.5. The van der Waals surface area contributed by atoms with Crippen LogP contribution in [0.5, 0.6) is 0 Å². The average molecular weight is 385 g/mol. The third kappa shape index (κ3) is 3.51. The molecule has 1 aliphatic heterocycles. The summed E-state index contributed by atoms with van der Waals surface area (Å²) < 4.78 is 0. The molecule has 0 N–H and O–H groups in total. The molecule has 3 aromatic rings. The Hall–Kier alpha value is -3.47. The normalized spacial score (nSPS) is 18.1. The number of hydrogen-bond donors (Lipinski definition) is 0. The number of carbonyl (C=O) groups excluding carboxylic acids is 2. The van der Waals surface area contributed by atoms with Crippen molar-refractivity contribution in [1.82, 2.24) is 4.98 Å². The van der Waals surface area contributed by atoms with Crippen LogP contribution in [0.4, 0.5) is 11.4 Å². The molecule has 2 amide bonds. The molecular formula is C24H23N3O2. The van der Waals surface area contributed by atoms with Crippen molar-refractivity contribution in [3.8, 4) is 0 Å². The second-order valence-electron chi connectivity index (χ2n) is 7.29. The van der Waals surface area contributed by atoms with E-state index in [1.807, 2.05) is 71.3 Å². The highest BCUT2D eigenvalue weighted by atomic mass is 16.2. The summed E-state index contributed by atoms with van der Waals surface area (Å²) >= 11 is 0. The summed E-state index contributed by atoms with van der Waals surface area (Å²) in [6, 6.07) is 20.8. The van der Waals surface area contributed by atoms with Gasteiger partial charge in [0.15, 0.2) is 0 Å². The van der Waals surface area contributed by atoms with E-state index >= 15 is 0 Å². The lowest BCUT2D eigenvalue weighted by atomic mass is 9.89. The fourth-order valence-electron chi connectivity index (χ4n) is 4.14. The maximum absolute atomic E-state index is 13.3. The van der Waals surface area contributed by atoms with E-state index in [1.165, 1.54) is 0 Å². The van der Waals surface area contributed by atoms with Crippen molar-refractivity contribution in [2.75, 3.05) is 9.80 Å². The SMILES string of the molecule is CC(=O)N(c1ccccc1)[C@H]1C[C@@H](C)N(C(=O)c2ccncc2)c2ccccc21. The van der Waals surface area contributed by atoms with Crippen LogP contribution in [-0.2, 0) is 4.79 Å². The summed E-state index contributed by atoms with van der Waals surface area (Å²) in [5.41, 5.74) is 3.29. The summed E-state index contributed by atoms with van der Waals surface area (Å²) in [7, 11) is 0. The van der Waals surface area contributed by atoms with Crippen LogP contribution in [-0.4, -0.2) is 22.8 Å². The number of aromatic nitrogens is 1. The van der Waals surface area contributed by atoms with Gasteiger partial charge in [-0.25, -0.2) is 0 Å². The minimum Gasteiger partial charge on any atom is -0.305 e. The molecule has 5 nitrogen and oxygen atoms in total. The number of benzene rings is 2. The van der Waals surface area contributed by atoms with Crippen LogP contribution in [0.3, 0.4) is 0 Å². The van der Waals surface area contributed by atoms with Crippen molar-refractivity contribution < 1.29 is 9.59 Å². The van der Waals surface area contributed by atoms with E-state index in [0.29, 0.717) is 12.0 Å². The first-order chi connectivity index (χ1) is 14.1. The van der Waals surface area contributed by atoms with Crippen LogP contribution in [0.25, 0.3) is 0 Å². The molecule has 2 aromatic carbocycles. The minimum atomic E-state index is -0.136. The standard InChI is InChI=1S/C24H23N3O2/c1-17-16-23(27(18(2)28)20-8-4-3-5-9-20)21-10-6-7-11-22(21)26(17)24(29)19-12-14-25-15-13-19/h3-15,17,23H,16H2,1-2H3/t17-,23+/m1/s1. The molecule has 0 saturated heterocycles. The lowest BCUT2D eigenvalue weighted by Crippen LogP contribution is -2.47. The predicted octanol–water partition coefficient (Wildman–Crippen LogP) is 4.61. The van der Waals surface area contributed by atoms with E-state index in [1.54, 1.807) is 31.5 Å². The molecule has 2 heterocycles. The van der Waals surface area contributed by atoms with E-state index in [9.17, 15) is 9.59 Å². The van der Waals surface area contributed by atoms with Crippen molar-refractivity contribution in [2.24, 2.45) is 0 Å². The number of pyridine rings is 1. The highest BCUT2D eigenvalue weighted by Gasteiger charge is 2.37. The van der Waals surface area contributed by atoms with Gasteiger partial charge in [-0.05, 0) is 49.2 Å². The van der Waals surface area contributed by atoms with Gasteiger partial charge in [-0.2, -0.15) is 0 Å². The molecule has 0 fully saturated rings. The van der Waals surface area contributed by atoms with Gasteiger partial charge in [0, 0.05) is 42.3 Å². The third-order valence-corrected chi connectivity index (χ3v) is 5.39. The summed E-state index contributed by atoms with van der Waals surface area (Å²) in [5, 5.41) is 0. The van der Waals surface area contributed by atoms with Crippen LogP contribution in [0.15, 0.2) is 79.1 Å². The van der Waals surface area contributed by atoms with Gasteiger partial charge in [-0.3, -0.25) is 14.6 Å². The van der Waals surface area contributed by atoms with Crippen LogP contribution in [0.2, 0.25) is 0 Å². The number of rotatable bonds is 3. The van der Waals surface area contributed by atoms with Crippen molar-refractivity contribution in [1.29, 1.82) is 0 Å². The monoisotopic (exact) mass is 385 g/mol. The van der Waals surface area contributed by atoms with Gasteiger partial charge in [-0.15, -0.1) is 0 Å². The number of fused-ring (bicyclic) bond motifs is 1. The third-order valence-electron chi connectivity index (χ3n) is 5.39. The van der Waals surface area contributed by atoms with E-state index in [4.69, 9.17) is 0 Å². The maximum atomic E-state index is 13.3. The summed E-state index contributed by atoms with van der Waals surface area (Å²) in [6.45, 7) is 3.63. The lowest BCUT2D eigenvalue weighted by molar-refractivity contribution is -0.117. The van der Waals surface area contributed by atoms with Gasteiger partial charge in [0.05, 0.1) is 6.04 Å². The minimum absolute atomic E-state index is 0.0166. The van der Waals surface area contributed by atoms with Crippen LogP contribution < -0.4 is 9.80 Å². The molecule has 0 saturated carbocycles. The molecule has 146 valence electrons. The smallest absolute Gasteiger partial charge is 0.258 e. The summed E-state index contributed by atoms with van der Waals surface area (Å²) in [5.74, 6) is -0.0722. The highest BCUT2D eigenvalue weighted by Crippen LogP contribution is 2.42. The predicted molar refractivity (Wildman–Crippen MR) is 114 cm³/mol. The Morgan fingerprint density at radius 1 is 0.966 bits per heavy atom.